The molecule has 2 fully saturated rings. The van der Waals surface area contributed by atoms with Gasteiger partial charge in [-0.05, 0) is 170 Å². The Morgan fingerprint density at radius 3 is 1.19 bits per heavy atom. The molecule has 6 nitrogen and oxygen atoms in total. The van der Waals surface area contributed by atoms with Crippen molar-refractivity contribution < 1.29 is 18.9 Å². The molecule has 0 saturated carbocycles. The van der Waals surface area contributed by atoms with Crippen LogP contribution in [0.4, 0.5) is 34.1 Å². The first-order valence-electron chi connectivity index (χ1n) is 29.8. The minimum absolute atomic E-state index is 0.0772. The van der Waals surface area contributed by atoms with Gasteiger partial charge < -0.3 is 28.7 Å². The molecule has 0 bridgehead atoms. The molecule has 77 heavy (non-hydrogen) atoms. The lowest BCUT2D eigenvalue weighted by atomic mass is 10.0. The van der Waals surface area contributed by atoms with Gasteiger partial charge in [-0.25, -0.2) is 0 Å². The fraction of sp³-hybridized carbons (Fsp3) is 0.429. The third-order valence-corrected chi connectivity index (χ3v) is 16.5. The van der Waals surface area contributed by atoms with Crippen LogP contribution in [0.5, 0.6) is 0 Å². The highest BCUT2D eigenvalue weighted by Gasteiger charge is 2.25. The minimum atomic E-state index is 0.0772. The number of ether oxygens (including phenoxy) is 4. The van der Waals surface area contributed by atoms with E-state index in [2.05, 4.69) is 188 Å². The van der Waals surface area contributed by atoms with Crippen molar-refractivity contribution in [2.45, 2.75) is 161 Å². The SMILES string of the molecule is CCCCCCc1ccc(N(c2ccc(CCCCCCOCC3CO3)cc2)c2ccc(-c3ccc(-c4ccc(N(c5ccc(CCCCCC)cc5)c5ccc(C(CCCCC)OCC6CO6)cc5)cc4)s3)cc2)cc1. The van der Waals surface area contributed by atoms with Gasteiger partial charge in [0.05, 0.1) is 32.5 Å². The lowest BCUT2D eigenvalue weighted by Crippen LogP contribution is -2.12. The molecule has 2 aliphatic heterocycles. The first-order chi connectivity index (χ1) is 38.0. The van der Waals surface area contributed by atoms with Gasteiger partial charge in [0.2, 0.25) is 0 Å². The molecule has 2 saturated heterocycles. The Kier molecular flexibility index (Phi) is 21.9. The highest BCUT2D eigenvalue weighted by molar-refractivity contribution is 7.18. The van der Waals surface area contributed by atoms with Crippen molar-refractivity contribution in [3.63, 3.8) is 0 Å². The van der Waals surface area contributed by atoms with Gasteiger partial charge >= 0.3 is 0 Å². The maximum Gasteiger partial charge on any atom is 0.104 e. The summed E-state index contributed by atoms with van der Waals surface area (Å²) in [6, 6.07) is 59.8. The first kappa shape index (κ1) is 56.2. The molecule has 3 atom stereocenters. The van der Waals surface area contributed by atoms with E-state index in [-0.39, 0.29) is 12.2 Å². The number of nitrogens with zero attached hydrogens (tertiary/aromatic N) is 2. The second-order valence-electron chi connectivity index (χ2n) is 21.6. The number of anilines is 6. The van der Waals surface area contributed by atoms with Crippen LogP contribution in [0.1, 0.15) is 152 Å². The molecule has 406 valence electrons. The second kappa shape index (κ2) is 30.0. The number of aryl methyl sites for hydroxylation is 3. The number of benzene rings is 6. The third kappa shape index (κ3) is 17.2. The molecule has 3 unspecified atom stereocenters. The first-order valence-corrected chi connectivity index (χ1v) is 30.6. The molecule has 0 spiro atoms. The highest BCUT2D eigenvalue weighted by atomic mass is 32.1. The lowest BCUT2D eigenvalue weighted by Gasteiger charge is -2.27. The zero-order valence-electron chi connectivity index (χ0n) is 46.6. The summed E-state index contributed by atoms with van der Waals surface area (Å²) >= 11 is 1.86. The number of thiophene rings is 1. The predicted octanol–water partition coefficient (Wildman–Crippen LogP) is 19.8. The quantitative estimate of drug-likeness (QED) is 0.0292. The minimum Gasteiger partial charge on any atom is -0.379 e. The van der Waals surface area contributed by atoms with Crippen molar-refractivity contribution in [1.82, 2.24) is 0 Å². The van der Waals surface area contributed by atoms with Crippen LogP contribution in [0.25, 0.3) is 20.9 Å². The fourth-order valence-electron chi connectivity index (χ4n) is 10.5. The van der Waals surface area contributed by atoms with E-state index in [1.165, 1.54) is 138 Å². The Morgan fingerprint density at radius 2 is 0.779 bits per heavy atom. The largest absolute Gasteiger partial charge is 0.379 e. The van der Waals surface area contributed by atoms with Crippen LogP contribution in [-0.2, 0) is 38.2 Å². The summed E-state index contributed by atoms with van der Waals surface area (Å²) in [5.41, 5.74) is 14.9. The Hall–Kier alpha value is -5.54. The van der Waals surface area contributed by atoms with Gasteiger partial charge in [0, 0.05) is 50.5 Å². The second-order valence-corrected chi connectivity index (χ2v) is 22.7. The van der Waals surface area contributed by atoms with Crippen LogP contribution in [0.3, 0.4) is 0 Å². The summed E-state index contributed by atoms with van der Waals surface area (Å²) in [4.78, 5) is 7.33. The van der Waals surface area contributed by atoms with Gasteiger partial charge in [-0.2, -0.15) is 0 Å². The van der Waals surface area contributed by atoms with Crippen molar-refractivity contribution >= 4 is 45.5 Å². The summed E-state index contributed by atoms with van der Waals surface area (Å²) in [6.07, 6.45) is 23.6. The molecule has 0 aliphatic carbocycles. The number of unbranched alkanes of at least 4 members (excludes halogenated alkanes) is 11. The van der Waals surface area contributed by atoms with Crippen molar-refractivity contribution in [3.8, 4) is 20.9 Å². The summed E-state index contributed by atoms with van der Waals surface area (Å²) in [6.45, 7) is 10.8. The van der Waals surface area contributed by atoms with Crippen LogP contribution in [0.2, 0.25) is 0 Å². The van der Waals surface area contributed by atoms with Gasteiger partial charge in [-0.1, -0.05) is 164 Å². The average molecular weight is 1050 g/mol. The monoisotopic (exact) mass is 1050 g/mol. The molecular formula is C70H86N2O4S. The Labute approximate surface area is 466 Å². The van der Waals surface area contributed by atoms with Crippen LogP contribution in [0.15, 0.2) is 158 Å². The molecule has 0 amide bonds. The molecule has 2 aliphatic rings. The smallest absolute Gasteiger partial charge is 0.104 e. The standard InChI is InChI=1S/C70H86N2O4S/c1-4-7-10-15-19-54-23-35-60(36-24-54)71(61-37-27-56(28-38-61)21-17-12-13-18-49-73-50-66-51-74-66)64-43-31-58(32-44-64)69-47-48-70(77-69)59-33-45-65(46-34-59)72(62-39-25-55(26-40-62)20-16-11-8-5-2)63-41-29-57(30-42-63)68(22-14-9-6-3)76-53-67-52-75-67/h23-48,66-68H,4-22,49-53H2,1-3H3. The highest BCUT2D eigenvalue weighted by Crippen LogP contribution is 2.41. The molecule has 6 aromatic carbocycles. The number of rotatable bonds is 35. The van der Waals surface area contributed by atoms with Crippen molar-refractivity contribution in [3.05, 3.63) is 180 Å². The van der Waals surface area contributed by atoms with Gasteiger partial charge in [-0.15, -0.1) is 11.3 Å². The summed E-state index contributed by atoms with van der Waals surface area (Å²) in [7, 11) is 0. The number of epoxide rings is 2. The van der Waals surface area contributed by atoms with Crippen LogP contribution >= 0.6 is 11.3 Å². The topological polar surface area (TPSA) is 50.0 Å². The molecule has 3 heterocycles. The molecule has 1 aromatic heterocycles. The zero-order chi connectivity index (χ0) is 52.9. The van der Waals surface area contributed by atoms with Crippen molar-refractivity contribution in [2.75, 3.05) is 42.8 Å². The Morgan fingerprint density at radius 1 is 0.416 bits per heavy atom. The van der Waals surface area contributed by atoms with Gasteiger partial charge in [-0.3, -0.25) is 0 Å². The van der Waals surface area contributed by atoms with E-state index in [1.54, 1.807) is 0 Å². The molecular weight excluding hydrogens is 965 g/mol. The van der Waals surface area contributed by atoms with E-state index in [1.807, 2.05) is 11.3 Å². The Bertz CT molecular complexity index is 2750. The van der Waals surface area contributed by atoms with Crippen LogP contribution in [0, 0.1) is 0 Å². The van der Waals surface area contributed by atoms with Gasteiger partial charge in [0.25, 0.3) is 0 Å². The number of hydrogen-bond acceptors (Lipinski definition) is 7. The molecule has 9 rings (SSSR count). The molecule has 7 heteroatoms. The Balaban J connectivity index is 0.897. The van der Waals surface area contributed by atoms with E-state index < -0.39 is 0 Å². The third-order valence-electron chi connectivity index (χ3n) is 15.3. The maximum atomic E-state index is 6.46. The van der Waals surface area contributed by atoms with E-state index >= 15 is 0 Å². The summed E-state index contributed by atoms with van der Waals surface area (Å²) in [5, 5.41) is 0. The predicted molar refractivity (Wildman–Crippen MR) is 326 cm³/mol. The lowest BCUT2D eigenvalue weighted by molar-refractivity contribution is 0.0347. The zero-order valence-corrected chi connectivity index (χ0v) is 47.5. The van der Waals surface area contributed by atoms with Crippen molar-refractivity contribution in [1.29, 1.82) is 0 Å². The summed E-state index contributed by atoms with van der Waals surface area (Å²) in [5.74, 6) is 0. The molecule has 0 N–H and O–H groups in total. The van der Waals surface area contributed by atoms with Gasteiger partial charge in [0.1, 0.15) is 12.2 Å². The molecule has 7 aromatic rings. The van der Waals surface area contributed by atoms with E-state index in [0.717, 1.165) is 87.7 Å². The number of hydrogen-bond donors (Lipinski definition) is 0. The van der Waals surface area contributed by atoms with E-state index in [0.29, 0.717) is 12.7 Å². The fourth-order valence-corrected chi connectivity index (χ4v) is 11.5. The normalized spacial score (nSPS) is 15.2. The maximum absolute atomic E-state index is 6.46. The van der Waals surface area contributed by atoms with Crippen LogP contribution in [-0.4, -0.2) is 45.2 Å². The van der Waals surface area contributed by atoms with E-state index in [9.17, 15) is 0 Å². The summed E-state index contributed by atoms with van der Waals surface area (Å²) < 4.78 is 23.0. The van der Waals surface area contributed by atoms with E-state index in [4.69, 9.17) is 18.9 Å². The average Bonchev–Trinajstić information content (AvgIpc) is 4.43. The molecule has 0 radical (unpaired) electrons. The van der Waals surface area contributed by atoms with Crippen LogP contribution < -0.4 is 9.80 Å². The van der Waals surface area contributed by atoms with Gasteiger partial charge in [0.15, 0.2) is 0 Å². The van der Waals surface area contributed by atoms with Crippen molar-refractivity contribution in [2.24, 2.45) is 0 Å².